The van der Waals surface area contributed by atoms with E-state index >= 15 is 0 Å². The number of carbonyl (C=O) groups excluding carboxylic acids is 1. The maximum Gasteiger partial charge on any atom is 0.222 e. The maximum absolute atomic E-state index is 12.1. The first kappa shape index (κ1) is 22.3. The van der Waals surface area contributed by atoms with E-state index in [2.05, 4.69) is 58.4 Å². The van der Waals surface area contributed by atoms with E-state index in [1.807, 2.05) is 30.3 Å². The number of anilines is 1. The summed E-state index contributed by atoms with van der Waals surface area (Å²) in [5, 5.41) is 3.88. The van der Waals surface area contributed by atoms with Crippen molar-refractivity contribution in [3.8, 4) is 22.5 Å². The number of nitrogens with one attached hydrogen (secondary N) is 1. The summed E-state index contributed by atoms with van der Waals surface area (Å²) in [4.78, 5) is 22.3. The Bertz CT molecular complexity index is 1570. The number of hydrogen-bond acceptors (Lipinski definition) is 4. The Hall–Kier alpha value is -4.19. The van der Waals surface area contributed by atoms with Crippen LogP contribution in [0.1, 0.15) is 37.4 Å². The number of carbonyl (C=O) groups is 1. The smallest absolute Gasteiger partial charge is 0.222 e. The number of nitrogen functional groups attached to an aromatic ring is 1. The summed E-state index contributed by atoms with van der Waals surface area (Å²) in [5.41, 5.74) is 13.0. The first-order chi connectivity index (χ1) is 17.6. The van der Waals surface area contributed by atoms with Crippen molar-refractivity contribution in [1.29, 1.82) is 0 Å². The van der Waals surface area contributed by atoms with Crippen molar-refractivity contribution in [2.75, 3.05) is 12.8 Å². The van der Waals surface area contributed by atoms with Gasteiger partial charge in [-0.2, -0.15) is 0 Å². The van der Waals surface area contributed by atoms with Crippen LogP contribution in [-0.2, 0) is 4.79 Å². The third-order valence-electron chi connectivity index (χ3n) is 7.47. The van der Waals surface area contributed by atoms with Crippen molar-refractivity contribution in [2.45, 2.75) is 31.6 Å². The normalized spacial score (nSPS) is 17.9. The van der Waals surface area contributed by atoms with Gasteiger partial charge in [-0.15, -0.1) is 0 Å². The molecular formula is C30H29N5O. The lowest BCUT2D eigenvalue weighted by Gasteiger charge is -2.26. The first-order valence-electron chi connectivity index (χ1n) is 12.6. The highest BCUT2D eigenvalue weighted by atomic mass is 16.1. The molecule has 6 rings (SSSR count). The van der Waals surface area contributed by atoms with E-state index in [-0.39, 0.29) is 17.7 Å². The van der Waals surface area contributed by atoms with Gasteiger partial charge in [0.1, 0.15) is 5.82 Å². The molecule has 6 nitrogen and oxygen atoms in total. The predicted molar refractivity (Wildman–Crippen MR) is 145 cm³/mol. The number of benzene rings is 2. The van der Waals surface area contributed by atoms with Gasteiger partial charge in [-0.25, -0.2) is 9.97 Å². The van der Waals surface area contributed by atoms with Crippen molar-refractivity contribution >= 4 is 28.0 Å². The number of imidazole rings is 1. The van der Waals surface area contributed by atoms with Gasteiger partial charge in [-0.05, 0) is 49.9 Å². The second-order valence-corrected chi connectivity index (χ2v) is 9.63. The molecule has 0 radical (unpaired) electrons. The van der Waals surface area contributed by atoms with E-state index in [0.717, 1.165) is 70.4 Å². The van der Waals surface area contributed by atoms with Gasteiger partial charge in [-0.1, -0.05) is 48.5 Å². The van der Waals surface area contributed by atoms with Crippen molar-refractivity contribution < 1.29 is 4.79 Å². The zero-order valence-corrected chi connectivity index (χ0v) is 20.3. The van der Waals surface area contributed by atoms with Gasteiger partial charge < -0.3 is 15.5 Å². The quantitative estimate of drug-likeness (QED) is 0.343. The highest BCUT2D eigenvalue weighted by Gasteiger charge is 2.30. The van der Waals surface area contributed by atoms with Crippen molar-refractivity contribution in [3.05, 3.63) is 84.8 Å². The second-order valence-electron chi connectivity index (χ2n) is 9.63. The Labute approximate surface area is 210 Å². The van der Waals surface area contributed by atoms with Crippen molar-refractivity contribution in [2.24, 2.45) is 5.92 Å². The second kappa shape index (κ2) is 9.11. The summed E-state index contributed by atoms with van der Waals surface area (Å²) in [7, 11) is 1.72. The first-order valence-corrected chi connectivity index (χ1v) is 12.6. The largest absolute Gasteiger partial charge is 0.397 e. The molecule has 0 aliphatic heterocycles. The van der Waals surface area contributed by atoms with Crippen LogP contribution < -0.4 is 11.1 Å². The summed E-state index contributed by atoms with van der Waals surface area (Å²) in [6, 6.07) is 24.6. The molecule has 0 atom stereocenters. The van der Waals surface area contributed by atoms with Crippen LogP contribution in [0.2, 0.25) is 0 Å². The number of rotatable bonds is 4. The lowest BCUT2D eigenvalue weighted by Crippen LogP contribution is -2.30. The maximum atomic E-state index is 12.1. The Morgan fingerprint density at radius 2 is 1.69 bits per heavy atom. The van der Waals surface area contributed by atoms with Crippen molar-refractivity contribution in [1.82, 2.24) is 19.7 Å². The zero-order chi connectivity index (χ0) is 24.6. The number of nitrogens with two attached hydrogens (primary N) is 1. The molecular weight excluding hydrogens is 446 g/mol. The number of aromatic nitrogens is 3. The van der Waals surface area contributed by atoms with E-state index in [0.29, 0.717) is 5.69 Å². The van der Waals surface area contributed by atoms with Crippen molar-refractivity contribution in [3.63, 3.8) is 0 Å². The fraction of sp³-hybridized carbons (Fsp3) is 0.233. The van der Waals surface area contributed by atoms with Crippen LogP contribution in [0.5, 0.6) is 0 Å². The Kier molecular flexibility index (Phi) is 5.64. The molecule has 0 unspecified atom stereocenters. The standard InChI is InChI=1S/C30H29N5O/c1-32-30(36)22-12-10-21(11-13-22)29-34-27(28-24(31)8-5-17-35(28)29)23-14-9-20-15-16-25(33-26(20)18-23)19-6-3-2-4-7-19/h2-9,14-18,21-22H,10-13,31H2,1H3,(H,32,36). The van der Waals surface area contributed by atoms with Crippen LogP contribution in [0.3, 0.4) is 0 Å². The molecule has 3 N–H and O–H groups in total. The van der Waals surface area contributed by atoms with Gasteiger partial charge in [-0.3, -0.25) is 4.79 Å². The molecule has 1 saturated carbocycles. The van der Waals surface area contributed by atoms with Gasteiger partial charge in [0.2, 0.25) is 5.91 Å². The molecule has 1 aliphatic carbocycles. The average Bonchev–Trinajstić information content (AvgIpc) is 3.33. The lowest BCUT2D eigenvalue weighted by atomic mass is 9.81. The lowest BCUT2D eigenvalue weighted by molar-refractivity contribution is -0.125. The van der Waals surface area contributed by atoms with Crippen LogP contribution in [0.4, 0.5) is 5.69 Å². The zero-order valence-electron chi connectivity index (χ0n) is 20.3. The molecule has 3 aromatic heterocycles. The van der Waals surface area contributed by atoms with E-state index in [4.69, 9.17) is 15.7 Å². The minimum atomic E-state index is 0.0902. The molecule has 36 heavy (non-hydrogen) atoms. The molecule has 180 valence electrons. The van der Waals surface area contributed by atoms with Gasteiger partial charge >= 0.3 is 0 Å². The summed E-state index contributed by atoms with van der Waals surface area (Å²) in [6.07, 6.45) is 5.67. The third-order valence-corrected chi connectivity index (χ3v) is 7.47. The SMILES string of the molecule is CNC(=O)C1CCC(c2nc(-c3ccc4ccc(-c5ccccc5)nc4c3)c3c(N)cccn23)CC1. The predicted octanol–water partition coefficient (Wildman–Crippen LogP) is 5.82. The topological polar surface area (TPSA) is 85.3 Å². The Morgan fingerprint density at radius 1 is 0.917 bits per heavy atom. The minimum absolute atomic E-state index is 0.0902. The van der Waals surface area contributed by atoms with Crippen LogP contribution in [-0.4, -0.2) is 27.3 Å². The van der Waals surface area contributed by atoms with E-state index in [1.165, 1.54) is 0 Å². The number of pyridine rings is 2. The number of amides is 1. The average molecular weight is 476 g/mol. The Morgan fingerprint density at radius 3 is 2.47 bits per heavy atom. The van der Waals surface area contributed by atoms with E-state index in [1.54, 1.807) is 7.05 Å². The monoisotopic (exact) mass is 475 g/mol. The molecule has 6 heteroatoms. The van der Waals surface area contributed by atoms with Crippen LogP contribution in [0, 0.1) is 5.92 Å². The van der Waals surface area contributed by atoms with E-state index < -0.39 is 0 Å². The molecule has 1 fully saturated rings. The minimum Gasteiger partial charge on any atom is -0.397 e. The third kappa shape index (κ3) is 3.88. The highest BCUT2D eigenvalue weighted by molar-refractivity contribution is 5.92. The molecule has 3 heterocycles. The molecule has 1 aliphatic rings. The summed E-state index contributed by atoms with van der Waals surface area (Å²) in [5.74, 6) is 1.54. The molecule has 1 amide bonds. The molecule has 2 aromatic carbocycles. The fourth-order valence-corrected chi connectivity index (χ4v) is 5.53. The molecule has 0 spiro atoms. The summed E-state index contributed by atoms with van der Waals surface area (Å²) < 4.78 is 2.15. The summed E-state index contributed by atoms with van der Waals surface area (Å²) in [6.45, 7) is 0. The molecule has 0 bridgehead atoms. The number of nitrogens with zero attached hydrogens (tertiary/aromatic N) is 3. The van der Waals surface area contributed by atoms with Gasteiger partial charge in [0, 0.05) is 41.6 Å². The van der Waals surface area contributed by atoms with E-state index in [9.17, 15) is 4.79 Å². The van der Waals surface area contributed by atoms with Gasteiger partial charge in [0.05, 0.1) is 28.1 Å². The van der Waals surface area contributed by atoms with Crippen LogP contribution in [0.25, 0.3) is 38.9 Å². The van der Waals surface area contributed by atoms with Gasteiger partial charge in [0.25, 0.3) is 0 Å². The fourth-order valence-electron chi connectivity index (χ4n) is 5.53. The van der Waals surface area contributed by atoms with Crippen LogP contribution in [0.15, 0.2) is 79.0 Å². The van der Waals surface area contributed by atoms with Gasteiger partial charge in [0.15, 0.2) is 0 Å². The highest BCUT2D eigenvalue weighted by Crippen LogP contribution is 2.39. The van der Waals surface area contributed by atoms with Crippen LogP contribution >= 0.6 is 0 Å². The molecule has 5 aromatic rings. The Balaban J connectivity index is 1.42. The number of fused-ring (bicyclic) bond motifs is 2. The number of hydrogen-bond donors (Lipinski definition) is 2. The summed E-state index contributed by atoms with van der Waals surface area (Å²) >= 11 is 0. The molecule has 0 saturated heterocycles.